The first-order valence-corrected chi connectivity index (χ1v) is 4.75. The number of methoxy groups -OCH3 is 1. The van der Waals surface area contributed by atoms with E-state index < -0.39 is 0 Å². The van der Waals surface area contributed by atoms with Crippen molar-refractivity contribution in [2.75, 3.05) is 7.11 Å². The summed E-state index contributed by atoms with van der Waals surface area (Å²) in [5.41, 5.74) is 2.23. The Balaban J connectivity index is 3.24. The zero-order valence-corrected chi connectivity index (χ0v) is 8.87. The molecule has 2 nitrogen and oxygen atoms in total. The van der Waals surface area contributed by atoms with E-state index in [0.717, 1.165) is 17.5 Å². The number of rotatable bonds is 3. The minimum Gasteiger partial charge on any atom is -0.504 e. The number of ether oxygens (including phenoxy) is 1. The minimum atomic E-state index is 0.206. The van der Waals surface area contributed by atoms with E-state index in [1.807, 2.05) is 25.1 Å². The van der Waals surface area contributed by atoms with Crippen LogP contribution < -0.4 is 4.74 Å². The quantitative estimate of drug-likeness (QED) is 0.797. The SMILES string of the molecule is CC=Cc1cc(OC)c(O)cc1CC. The van der Waals surface area contributed by atoms with Crippen molar-refractivity contribution in [3.8, 4) is 11.5 Å². The van der Waals surface area contributed by atoms with E-state index in [0.29, 0.717) is 5.75 Å². The summed E-state index contributed by atoms with van der Waals surface area (Å²) in [5, 5.41) is 9.57. The average Bonchev–Trinajstić information content (AvgIpc) is 2.20. The predicted octanol–water partition coefficient (Wildman–Crippen LogP) is 3.00. The van der Waals surface area contributed by atoms with Gasteiger partial charge in [-0.15, -0.1) is 0 Å². The maximum atomic E-state index is 9.57. The van der Waals surface area contributed by atoms with Gasteiger partial charge in [0.05, 0.1) is 7.11 Å². The Morgan fingerprint density at radius 2 is 2.14 bits per heavy atom. The highest BCUT2D eigenvalue weighted by Crippen LogP contribution is 2.30. The van der Waals surface area contributed by atoms with Gasteiger partial charge in [0.2, 0.25) is 0 Å². The lowest BCUT2D eigenvalue weighted by atomic mass is 10.0. The Labute approximate surface area is 84.8 Å². The van der Waals surface area contributed by atoms with Gasteiger partial charge in [-0.1, -0.05) is 19.1 Å². The summed E-state index contributed by atoms with van der Waals surface area (Å²) in [4.78, 5) is 0. The lowest BCUT2D eigenvalue weighted by Crippen LogP contribution is -1.90. The normalized spacial score (nSPS) is 10.8. The van der Waals surface area contributed by atoms with Crippen molar-refractivity contribution in [3.05, 3.63) is 29.3 Å². The molecular weight excluding hydrogens is 176 g/mol. The van der Waals surface area contributed by atoms with Crippen molar-refractivity contribution < 1.29 is 9.84 Å². The predicted molar refractivity (Wildman–Crippen MR) is 58.7 cm³/mol. The number of hydrogen-bond donors (Lipinski definition) is 1. The fourth-order valence-electron chi connectivity index (χ4n) is 1.43. The molecule has 0 bridgehead atoms. The second-order valence-electron chi connectivity index (χ2n) is 3.08. The van der Waals surface area contributed by atoms with Crippen LogP contribution in [0.5, 0.6) is 11.5 Å². The minimum absolute atomic E-state index is 0.206. The van der Waals surface area contributed by atoms with E-state index in [2.05, 4.69) is 6.92 Å². The number of aromatic hydroxyl groups is 1. The first kappa shape index (κ1) is 10.6. The molecule has 0 aliphatic heterocycles. The summed E-state index contributed by atoms with van der Waals surface area (Å²) in [7, 11) is 1.56. The van der Waals surface area contributed by atoms with Crippen LogP contribution in [0.3, 0.4) is 0 Å². The number of benzene rings is 1. The third kappa shape index (κ3) is 2.08. The Bertz CT molecular complexity index is 340. The van der Waals surface area contributed by atoms with Crippen LogP contribution in [0.15, 0.2) is 18.2 Å². The molecule has 0 unspecified atom stereocenters. The molecule has 0 aliphatic rings. The number of aryl methyl sites for hydroxylation is 1. The molecule has 0 aliphatic carbocycles. The molecule has 0 amide bonds. The molecule has 76 valence electrons. The molecule has 0 atom stereocenters. The summed E-state index contributed by atoms with van der Waals surface area (Å²) in [5.74, 6) is 0.730. The van der Waals surface area contributed by atoms with E-state index >= 15 is 0 Å². The monoisotopic (exact) mass is 192 g/mol. The van der Waals surface area contributed by atoms with Gasteiger partial charge in [-0.2, -0.15) is 0 Å². The molecule has 0 spiro atoms. The van der Waals surface area contributed by atoms with Crippen LogP contribution in [-0.4, -0.2) is 12.2 Å². The zero-order valence-electron chi connectivity index (χ0n) is 8.87. The van der Waals surface area contributed by atoms with Crippen LogP contribution in [0, 0.1) is 0 Å². The van der Waals surface area contributed by atoms with Crippen molar-refractivity contribution in [1.29, 1.82) is 0 Å². The van der Waals surface area contributed by atoms with Gasteiger partial charge in [0.25, 0.3) is 0 Å². The molecule has 0 saturated carbocycles. The van der Waals surface area contributed by atoms with E-state index in [-0.39, 0.29) is 5.75 Å². The highest BCUT2D eigenvalue weighted by molar-refractivity contribution is 5.59. The fourth-order valence-corrected chi connectivity index (χ4v) is 1.43. The van der Waals surface area contributed by atoms with Crippen LogP contribution in [0.25, 0.3) is 6.08 Å². The number of phenolic OH excluding ortho intramolecular Hbond substituents is 1. The topological polar surface area (TPSA) is 29.5 Å². The van der Waals surface area contributed by atoms with Gasteiger partial charge in [-0.05, 0) is 36.6 Å². The van der Waals surface area contributed by atoms with E-state index in [9.17, 15) is 5.11 Å². The lowest BCUT2D eigenvalue weighted by molar-refractivity contribution is 0.373. The fraction of sp³-hybridized carbons (Fsp3) is 0.333. The van der Waals surface area contributed by atoms with Crippen molar-refractivity contribution in [1.82, 2.24) is 0 Å². The Morgan fingerprint density at radius 3 is 2.64 bits per heavy atom. The van der Waals surface area contributed by atoms with Gasteiger partial charge in [-0.25, -0.2) is 0 Å². The highest BCUT2D eigenvalue weighted by Gasteiger charge is 2.05. The first-order chi connectivity index (χ1) is 6.72. The summed E-state index contributed by atoms with van der Waals surface area (Å²) in [6.45, 7) is 4.03. The molecule has 1 rings (SSSR count). The third-order valence-electron chi connectivity index (χ3n) is 2.17. The number of allylic oxidation sites excluding steroid dienone is 1. The molecule has 14 heavy (non-hydrogen) atoms. The third-order valence-corrected chi connectivity index (χ3v) is 2.17. The van der Waals surface area contributed by atoms with E-state index in [4.69, 9.17) is 4.74 Å². The molecule has 0 saturated heterocycles. The van der Waals surface area contributed by atoms with Crippen LogP contribution in [0.2, 0.25) is 0 Å². The standard InChI is InChI=1S/C12H16O2/c1-4-6-10-8-12(14-3)11(13)7-9(10)5-2/h4,6-8,13H,5H2,1-3H3. The molecular formula is C12H16O2. The van der Waals surface area contributed by atoms with Crippen molar-refractivity contribution in [3.63, 3.8) is 0 Å². The maximum Gasteiger partial charge on any atom is 0.161 e. The van der Waals surface area contributed by atoms with Crippen LogP contribution in [0.4, 0.5) is 0 Å². The molecule has 2 heteroatoms. The van der Waals surface area contributed by atoms with Gasteiger partial charge in [-0.3, -0.25) is 0 Å². The summed E-state index contributed by atoms with van der Waals surface area (Å²) in [6.07, 6.45) is 4.89. The molecule has 0 aromatic heterocycles. The van der Waals surface area contributed by atoms with E-state index in [1.54, 1.807) is 13.2 Å². The Morgan fingerprint density at radius 1 is 1.43 bits per heavy atom. The highest BCUT2D eigenvalue weighted by atomic mass is 16.5. The van der Waals surface area contributed by atoms with Gasteiger partial charge >= 0.3 is 0 Å². The van der Waals surface area contributed by atoms with Gasteiger partial charge in [0.1, 0.15) is 0 Å². The largest absolute Gasteiger partial charge is 0.504 e. The van der Waals surface area contributed by atoms with Crippen molar-refractivity contribution in [2.24, 2.45) is 0 Å². The van der Waals surface area contributed by atoms with Crippen molar-refractivity contribution >= 4 is 6.08 Å². The number of phenols is 1. The van der Waals surface area contributed by atoms with E-state index in [1.165, 1.54) is 0 Å². The Kier molecular flexibility index (Phi) is 3.57. The molecule has 1 N–H and O–H groups in total. The van der Waals surface area contributed by atoms with Crippen molar-refractivity contribution in [2.45, 2.75) is 20.3 Å². The summed E-state index contributed by atoms with van der Waals surface area (Å²) < 4.78 is 5.05. The van der Waals surface area contributed by atoms with Gasteiger partial charge < -0.3 is 9.84 Å². The van der Waals surface area contributed by atoms with Crippen LogP contribution >= 0.6 is 0 Å². The lowest BCUT2D eigenvalue weighted by Gasteiger charge is -2.08. The smallest absolute Gasteiger partial charge is 0.161 e. The van der Waals surface area contributed by atoms with Gasteiger partial charge in [0, 0.05) is 0 Å². The van der Waals surface area contributed by atoms with Crippen LogP contribution in [-0.2, 0) is 6.42 Å². The Hall–Kier alpha value is -1.44. The summed E-state index contributed by atoms with van der Waals surface area (Å²) >= 11 is 0. The zero-order chi connectivity index (χ0) is 10.6. The van der Waals surface area contributed by atoms with Gasteiger partial charge in [0.15, 0.2) is 11.5 Å². The second kappa shape index (κ2) is 4.70. The first-order valence-electron chi connectivity index (χ1n) is 4.75. The molecule has 0 radical (unpaired) electrons. The molecule has 0 heterocycles. The molecule has 1 aromatic carbocycles. The average molecular weight is 192 g/mol. The number of hydrogen-bond acceptors (Lipinski definition) is 2. The molecule has 0 fully saturated rings. The van der Waals surface area contributed by atoms with Crippen LogP contribution in [0.1, 0.15) is 25.0 Å². The summed E-state index contributed by atoms with van der Waals surface area (Å²) in [6, 6.07) is 3.61. The molecule has 1 aromatic rings. The maximum absolute atomic E-state index is 9.57. The second-order valence-corrected chi connectivity index (χ2v) is 3.08.